The average molecular weight is 595 g/mol. The van der Waals surface area contributed by atoms with Crippen LogP contribution in [0.15, 0.2) is 55.8 Å². The van der Waals surface area contributed by atoms with E-state index in [-0.39, 0.29) is 0 Å². The molecule has 3 aromatic rings. The fourth-order valence-corrected chi connectivity index (χ4v) is 5.87. The molecule has 0 bridgehead atoms. The van der Waals surface area contributed by atoms with Gasteiger partial charge in [0, 0.05) is 42.0 Å². The van der Waals surface area contributed by atoms with E-state index >= 15 is 0 Å². The van der Waals surface area contributed by atoms with Crippen LogP contribution in [0.3, 0.4) is 0 Å². The van der Waals surface area contributed by atoms with Crippen LogP contribution in [0.2, 0.25) is 0 Å². The van der Waals surface area contributed by atoms with Crippen molar-refractivity contribution in [2.24, 2.45) is 0 Å². The second-order valence-corrected chi connectivity index (χ2v) is 11.7. The van der Waals surface area contributed by atoms with Crippen LogP contribution in [-0.2, 0) is 17.4 Å². The molecular weight excluding hydrogens is 554 g/mol. The highest BCUT2D eigenvalue weighted by Gasteiger charge is 2.11. The maximum absolute atomic E-state index is 12.0. The van der Waals surface area contributed by atoms with Gasteiger partial charge < -0.3 is 14.1 Å². The summed E-state index contributed by atoms with van der Waals surface area (Å²) in [7, 11) is -1.04. The maximum Gasteiger partial charge on any atom is 0.148 e. The number of furan rings is 1. The first-order valence-electron chi connectivity index (χ1n) is 12.6. The number of rotatable bonds is 12. The zero-order valence-electron chi connectivity index (χ0n) is 22.4. The summed E-state index contributed by atoms with van der Waals surface area (Å²) in [5.74, 6) is 0.778. The van der Waals surface area contributed by atoms with E-state index in [0.717, 1.165) is 55.3 Å². The SMILES string of the molecule is CCCCCC.CCN(CC)c1ccc(/C=C(\SC)S(C)=O)c(OCc2cc(Br)c3occc3c2)c1. The smallest absolute Gasteiger partial charge is 0.148 e. The first kappa shape index (κ1) is 30.5. The van der Waals surface area contributed by atoms with E-state index in [1.807, 2.05) is 30.5 Å². The van der Waals surface area contributed by atoms with Crippen molar-refractivity contribution in [1.29, 1.82) is 0 Å². The van der Waals surface area contributed by atoms with Gasteiger partial charge in [-0.3, -0.25) is 4.21 Å². The van der Waals surface area contributed by atoms with E-state index in [9.17, 15) is 4.21 Å². The number of ether oxygens (including phenoxy) is 1. The third kappa shape index (κ3) is 9.00. The number of halogens is 1. The summed E-state index contributed by atoms with van der Waals surface area (Å²) in [6.07, 6.45) is 12.8. The van der Waals surface area contributed by atoms with Gasteiger partial charge in [-0.1, -0.05) is 39.5 Å². The lowest BCUT2D eigenvalue weighted by Crippen LogP contribution is -2.21. The first-order chi connectivity index (χ1) is 17.4. The zero-order valence-corrected chi connectivity index (χ0v) is 25.7. The third-order valence-corrected chi connectivity index (χ3v) is 8.80. The molecule has 7 heteroatoms. The molecule has 36 heavy (non-hydrogen) atoms. The quantitative estimate of drug-likeness (QED) is 0.196. The van der Waals surface area contributed by atoms with Crippen LogP contribution < -0.4 is 9.64 Å². The number of hydrogen-bond acceptors (Lipinski definition) is 5. The van der Waals surface area contributed by atoms with E-state index in [1.54, 1.807) is 12.5 Å². The lowest BCUT2D eigenvalue weighted by atomic mass is 10.1. The van der Waals surface area contributed by atoms with Gasteiger partial charge in [-0.25, -0.2) is 0 Å². The molecule has 0 saturated heterocycles. The van der Waals surface area contributed by atoms with E-state index in [4.69, 9.17) is 9.15 Å². The number of benzene rings is 2. The molecule has 2 aromatic carbocycles. The van der Waals surface area contributed by atoms with Crippen LogP contribution in [0.4, 0.5) is 5.69 Å². The number of hydrogen-bond donors (Lipinski definition) is 0. The molecule has 3 rings (SSSR count). The van der Waals surface area contributed by atoms with Crippen LogP contribution in [-0.4, -0.2) is 29.8 Å². The monoisotopic (exact) mass is 593 g/mol. The number of fused-ring (bicyclic) bond motifs is 1. The lowest BCUT2D eigenvalue weighted by molar-refractivity contribution is 0.305. The Kier molecular flexibility index (Phi) is 13.7. The predicted molar refractivity (Wildman–Crippen MR) is 164 cm³/mol. The molecule has 0 saturated carbocycles. The Balaban J connectivity index is 0.000000678. The topological polar surface area (TPSA) is 42.7 Å². The molecule has 4 nitrogen and oxygen atoms in total. The Bertz CT molecular complexity index is 1130. The zero-order chi connectivity index (χ0) is 26.5. The number of thioether (sulfide) groups is 1. The molecule has 0 radical (unpaired) electrons. The Hall–Kier alpha value is -1.70. The molecule has 0 spiro atoms. The molecule has 0 fully saturated rings. The minimum atomic E-state index is -1.04. The Labute approximate surface area is 232 Å². The largest absolute Gasteiger partial charge is 0.488 e. The second kappa shape index (κ2) is 16.2. The molecule has 1 atom stereocenters. The number of nitrogens with zero attached hydrogens (tertiary/aromatic N) is 1. The van der Waals surface area contributed by atoms with Gasteiger partial charge in [0.05, 0.1) is 25.8 Å². The van der Waals surface area contributed by atoms with Gasteiger partial charge >= 0.3 is 0 Å². The van der Waals surface area contributed by atoms with Gasteiger partial charge in [0.2, 0.25) is 0 Å². The Morgan fingerprint density at radius 2 is 1.78 bits per heavy atom. The molecule has 0 N–H and O–H groups in total. The van der Waals surface area contributed by atoms with Gasteiger partial charge in [0.1, 0.15) is 17.9 Å². The summed E-state index contributed by atoms with van der Waals surface area (Å²) >= 11 is 5.07. The summed E-state index contributed by atoms with van der Waals surface area (Å²) in [6.45, 7) is 11.0. The van der Waals surface area contributed by atoms with Crippen molar-refractivity contribution in [1.82, 2.24) is 0 Å². The normalized spacial score (nSPS) is 12.2. The molecule has 198 valence electrons. The van der Waals surface area contributed by atoms with Crippen LogP contribution in [0.5, 0.6) is 5.75 Å². The summed E-state index contributed by atoms with van der Waals surface area (Å²) in [4.78, 5) is 2.28. The number of unbranched alkanes of at least 4 members (excludes halogenated alkanes) is 3. The van der Waals surface area contributed by atoms with Crippen molar-refractivity contribution in [3.8, 4) is 5.75 Å². The minimum absolute atomic E-state index is 0.423. The van der Waals surface area contributed by atoms with Gasteiger partial charge in [0.15, 0.2) is 0 Å². The van der Waals surface area contributed by atoms with Gasteiger partial charge in [-0.2, -0.15) is 0 Å². The highest BCUT2D eigenvalue weighted by molar-refractivity contribution is 9.10. The molecule has 0 aliphatic rings. The maximum atomic E-state index is 12.0. The Morgan fingerprint density at radius 3 is 2.36 bits per heavy atom. The van der Waals surface area contributed by atoms with E-state index in [0.29, 0.717) is 6.61 Å². The predicted octanol–water partition coefficient (Wildman–Crippen LogP) is 9.25. The number of anilines is 1. The third-order valence-electron chi connectivity index (χ3n) is 5.80. The van der Waals surface area contributed by atoms with Crippen LogP contribution >= 0.6 is 27.7 Å². The fourth-order valence-electron chi connectivity index (χ4n) is 3.78. The van der Waals surface area contributed by atoms with Crippen LogP contribution in [0.1, 0.15) is 64.5 Å². The highest BCUT2D eigenvalue weighted by Crippen LogP contribution is 2.32. The molecule has 0 amide bonds. The van der Waals surface area contributed by atoms with Crippen molar-refractivity contribution in [3.63, 3.8) is 0 Å². The van der Waals surface area contributed by atoms with Gasteiger partial charge in [0.25, 0.3) is 0 Å². The summed E-state index contributed by atoms with van der Waals surface area (Å²) in [6, 6.07) is 12.2. The second-order valence-electron chi connectivity index (χ2n) is 8.43. The molecular formula is C29H40BrNO3S2. The van der Waals surface area contributed by atoms with E-state index in [1.165, 1.54) is 37.4 Å². The fraction of sp³-hybridized carbons (Fsp3) is 0.448. The Morgan fingerprint density at radius 1 is 1.08 bits per heavy atom. The molecule has 1 heterocycles. The van der Waals surface area contributed by atoms with E-state index in [2.05, 4.69) is 66.7 Å². The van der Waals surface area contributed by atoms with Crippen molar-refractivity contribution >= 4 is 61.2 Å². The average Bonchev–Trinajstić information content (AvgIpc) is 3.36. The lowest BCUT2D eigenvalue weighted by Gasteiger charge is -2.22. The molecule has 0 aliphatic carbocycles. The van der Waals surface area contributed by atoms with Crippen LogP contribution in [0, 0.1) is 0 Å². The van der Waals surface area contributed by atoms with Gasteiger partial charge in [-0.15, -0.1) is 11.8 Å². The standard InChI is InChI=1S/C23H26BrNO3S2.C6H14/c1-5-25(6-2)19-8-7-17(13-22(29-3)30(4)26)21(14-19)28-15-16-11-18-9-10-27-23(18)20(24)12-16;1-3-5-6-4-2/h7-14H,5-6,15H2,1-4H3;3-6H2,1-2H3/b22-13+;. The highest BCUT2D eigenvalue weighted by atomic mass is 79.9. The first-order valence-corrected chi connectivity index (χ1v) is 16.2. The summed E-state index contributed by atoms with van der Waals surface area (Å²) in [5.41, 5.74) is 3.92. The van der Waals surface area contributed by atoms with Crippen molar-refractivity contribution in [2.75, 3.05) is 30.5 Å². The van der Waals surface area contributed by atoms with Crippen molar-refractivity contribution in [2.45, 2.75) is 60.0 Å². The summed E-state index contributed by atoms with van der Waals surface area (Å²) in [5, 5.41) is 1.03. The van der Waals surface area contributed by atoms with Crippen molar-refractivity contribution < 1.29 is 13.4 Å². The van der Waals surface area contributed by atoms with Crippen LogP contribution in [0.25, 0.3) is 17.0 Å². The molecule has 1 unspecified atom stereocenters. The summed E-state index contributed by atoms with van der Waals surface area (Å²) < 4.78 is 25.5. The van der Waals surface area contributed by atoms with E-state index < -0.39 is 10.8 Å². The minimum Gasteiger partial charge on any atom is -0.488 e. The van der Waals surface area contributed by atoms with Gasteiger partial charge in [-0.05, 0) is 78.0 Å². The molecule has 1 aromatic heterocycles. The molecule has 0 aliphatic heterocycles. The van der Waals surface area contributed by atoms with Crippen molar-refractivity contribution in [3.05, 3.63) is 62.5 Å².